The van der Waals surface area contributed by atoms with Gasteiger partial charge in [-0.25, -0.2) is 0 Å². The molecule has 24 heavy (non-hydrogen) atoms. The van der Waals surface area contributed by atoms with Crippen molar-refractivity contribution in [1.82, 2.24) is 15.5 Å². The largest absolute Gasteiger partial charge is 0.317 e. The lowest BCUT2D eigenvalue weighted by molar-refractivity contribution is 0.342. The highest BCUT2D eigenvalue weighted by molar-refractivity contribution is 5.62. The Morgan fingerprint density at radius 2 is 1.54 bits per heavy atom. The quantitative estimate of drug-likeness (QED) is 0.757. The Labute approximate surface area is 143 Å². The first-order chi connectivity index (χ1) is 11.9. The molecule has 1 unspecified atom stereocenters. The van der Waals surface area contributed by atoms with Crippen LogP contribution in [0.2, 0.25) is 0 Å². The summed E-state index contributed by atoms with van der Waals surface area (Å²) in [4.78, 5) is 0. The summed E-state index contributed by atoms with van der Waals surface area (Å²) in [7, 11) is 0. The molecule has 0 radical (unpaired) electrons. The molecular weight excluding hydrogens is 294 g/mol. The molecule has 4 rings (SSSR count). The van der Waals surface area contributed by atoms with Crippen molar-refractivity contribution in [3.8, 4) is 11.1 Å². The van der Waals surface area contributed by atoms with E-state index in [0.29, 0.717) is 11.8 Å². The number of aromatic nitrogens is 2. The Hall–Kier alpha value is -2.39. The molecule has 0 saturated carbocycles. The standard InChI is InChI=1S/C21H23N3/c1-2-4-17(5-3-1)21(19-10-12-22-13-11-19)18-8-6-16(7-9-18)20-14-23-24-15-20/h1-9,14-15,19,21-22H,10-13H2,(H,23,24). The van der Waals surface area contributed by atoms with Crippen molar-refractivity contribution in [3.05, 3.63) is 78.1 Å². The molecule has 0 bridgehead atoms. The highest BCUT2D eigenvalue weighted by atomic mass is 15.1. The van der Waals surface area contributed by atoms with Crippen LogP contribution in [0.15, 0.2) is 67.0 Å². The van der Waals surface area contributed by atoms with Crippen LogP contribution in [0.5, 0.6) is 0 Å². The van der Waals surface area contributed by atoms with Gasteiger partial charge in [-0.15, -0.1) is 0 Å². The van der Waals surface area contributed by atoms with Gasteiger partial charge in [0.15, 0.2) is 0 Å². The van der Waals surface area contributed by atoms with Gasteiger partial charge in [0.1, 0.15) is 0 Å². The molecule has 1 atom stereocenters. The predicted molar refractivity (Wildman–Crippen MR) is 97.9 cm³/mol. The fraction of sp³-hybridized carbons (Fsp3) is 0.286. The molecule has 1 saturated heterocycles. The van der Waals surface area contributed by atoms with E-state index in [9.17, 15) is 0 Å². The molecule has 3 aromatic rings. The zero-order valence-electron chi connectivity index (χ0n) is 13.8. The second-order valence-corrected chi connectivity index (χ2v) is 6.58. The van der Waals surface area contributed by atoms with E-state index >= 15 is 0 Å². The number of hydrogen-bond donors (Lipinski definition) is 2. The average molecular weight is 317 g/mol. The molecule has 2 aromatic carbocycles. The van der Waals surface area contributed by atoms with Gasteiger partial charge in [0.05, 0.1) is 6.20 Å². The summed E-state index contributed by atoms with van der Waals surface area (Å²) in [5, 5.41) is 10.4. The van der Waals surface area contributed by atoms with Crippen LogP contribution in [-0.4, -0.2) is 23.3 Å². The van der Waals surface area contributed by atoms with Crippen LogP contribution in [0.1, 0.15) is 29.9 Å². The SMILES string of the molecule is c1ccc(C(c2ccc(-c3cn[nH]c3)cc2)C2CCNCC2)cc1. The zero-order valence-corrected chi connectivity index (χ0v) is 13.8. The fourth-order valence-corrected chi connectivity index (χ4v) is 3.87. The first kappa shape index (κ1) is 15.2. The topological polar surface area (TPSA) is 40.7 Å². The average Bonchev–Trinajstić information content (AvgIpc) is 3.19. The van der Waals surface area contributed by atoms with Crippen molar-refractivity contribution in [3.63, 3.8) is 0 Å². The van der Waals surface area contributed by atoms with Crippen molar-refractivity contribution >= 4 is 0 Å². The first-order valence-corrected chi connectivity index (χ1v) is 8.76. The van der Waals surface area contributed by atoms with E-state index < -0.39 is 0 Å². The highest BCUT2D eigenvalue weighted by Crippen LogP contribution is 2.37. The maximum atomic E-state index is 4.05. The Morgan fingerprint density at radius 3 is 2.21 bits per heavy atom. The molecule has 0 amide bonds. The third kappa shape index (κ3) is 3.13. The van der Waals surface area contributed by atoms with Gasteiger partial charge in [0, 0.05) is 17.7 Å². The molecule has 1 fully saturated rings. The molecule has 2 heterocycles. The summed E-state index contributed by atoms with van der Waals surface area (Å²) < 4.78 is 0. The number of nitrogens with zero attached hydrogens (tertiary/aromatic N) is 1. The van der Waals surface area contributed by atoms with Gasteiger partial charge in [-0.3, -0.25) is 5.10 Å². The van der Waals surface area contributed by atoms with Crippen LogP contribution in [-0.2, 0) is 0 Å². The normalized spacial score (nSPS) is 16.8. The lowest BCUT2D eigenvalue weighted by atomic mass is 9.76. The molecule has 3 nitrogen and oxygen atoms in total. The zero-order chi connectivity index (χ0) is 16.2. The van der Waals surface area contributed by atoms with E-state index in [-0.39, 0.29) is 0 Å². The molecule has 0 aliphatic carbocycles. The maximum absolute atomic E-state index is 4.05. The van der Waals surface area contributed by atoms with Gasteiger partial charge in [0.25, 0.3) is 0 Å². The third-order valence-corrected chi connectivity index (χ3v) is 5.12. The van der Waals surface area contributed by atoms with Crippen molar-refractivity contribution in [2.75, 3.05) is 13.1 Å². The lowest BCUT2D eigenvalue weighted by Gasteiger charge is -2.31. The number of hydrogen-bond acceptors (Lipinski definition) is 2. The Morgan fingerprint density at radius 1 is 0.833 bits per heavy atom. The Kier molecular flexibility index (Phi) is 4.43. The Bertz CT molecular complexity index is 742. The van der Waals surface area contributed by atoms with Gasteiger partial charge in [-0.2, -0.15) is 5.10 Å². The minimum Gasteiger partial charge on any atom is -0.317 e. The second kappa shape index (κ2) is 7.02. The lowest BCUT2D eigenvalue weighted by Crippen LogP contribution is -2.31. The molecule has 122 valence electrons. The number of aromatic amines is 1. The van der Waals surface area contributed by atoms with Gasteiger partial charge in [0.2, 0.25) is 0 Å². The van der Waals surface area contributed by atoms with E-state index in [4.69, 9.17) is 0 Å². The van der Waals surface area contributed by atoms with Crippen LogP contribution in [0, 0.1) is 5.92 Å². The third-order valence-electron chi connectivity index (χ3n) is 5.12. The van der Waals surface area contributed by atoms with Crippen molar-refractivity contribution < 1.29 is 0 Å². The van der Waals surface area contributed by atoms with Gasteiger partial charge in [-0.1, -0.05) is 54.6 Å². The number of piperidine rings is 1. The minimum absolute atomic E-state index is 0.478. The monoisotopic (exact) mass is 317 g/mol. The molecule has 0 spiro atoms. The van der Waals surface area contributed by atoms with E-state index in [1.807, 2.05) is 12.4 Å². The highest BCUT2D eigenvalue weighted by Gasteiger charge is 2.26. The number of rotatable bonds is 4. The molecule has 1 aliphatic rings. The first-order valence-electron chi connectivity index (χ1n) is 8.76. The van der Waals surface area contributed by atoms with Crippen LogP contribution in [0.3, 0.4) is 0 Å². The minimum atomic E-state index is 0.478. The molecule has 3 heteroatoms. The molecule has 1 aliphatic heterocycles. The number of nitrogens with one attached hydrogen (secondary N) is 2. The summed E-state index contributed by atoms with van der Waals surface area (Å²) in [6.45, 7) is 2.25. The van der Waals surface area contributed by atoms with E-state index in [0.717, 1.165) is 18.7 Å². The van der Waals surface area contributed by atoms with Gasteiger partial charge < -0.3 is 5.32 Å². The van der Waals surface area contributed by atoms with Crippen molar-refractivity contribution in [2.45, 2.75) is 18.8 Å². The van der Waals surface area contributed by atoms with E-state index in [1.165, 1.54) is 29.5 Å². The summed E-state index contributed by atoms with van der Waals surface area (Å²) >= 11 is 0. The van der Waals surface area contributed by atoms with Crippen LogP contribution in [0.4, 0.5) is 0 Å². The van der Waals surface area contributed by atoms with Crippen LogP contribution in [0.25, 0.3) is 11.1 Å². The summed E-state index contributed by atoms with van der Waals surface area (Å²) in [5.41, 5.74) is 5.20. The van der Waals surface area contributed by atoms with Crippen molar-refractivity contribution in [2.24, 2.45) is 5.92 Å². The van der Waals surface area contributed by atoms with Gasteiger partial charge in [-0.05, 0) is 48.5 Å². The molecular formula is C21H23N3. The second-order valence-electron chi connectivity index (χ2n) is 6.58. The van der Waals surface area contributed by atoms with E-state index in [2.05, 4.69) is 70.1 Å². The van der Waals surface area contributed by atoms with E-state index in [1.54, 1.807) is 0 Å². The summed E-state index contributed by atoms with van der Waals surface area (Å²) in [5.74, 6) is 1.18. The summed E-state index contributed by atoms with van der Waals surface area (Å²) in [6.07, 6.45) is 6.29. The van der Waals surface area contributed by atoms with Gasteiger partial charge >= 0.3 is 0 Å². The smallest absolute Gasteiger partial charge is 0.0565 e. The maximum Gasteiger partial charge on any atom is 0.0565 e. The summed E-state index contributed by atoms with van der Waals surface area (Å²) in [6, 6.07) is 20.0. The van der Waals surface area contributed by atoms with Crippen LogP contribution >= 0.6 is 0 Å². The van der Waals surface area contributed by atoms with Crippen molar-refractivity contribution in [1.29, 1.82) is 0 Å². The number of H-pyrrole nitrogens is 1. The fourth-order valence-electron chi connectivity index (χ4n) is 3.87. The van der Waals surface area contributed by atoms with Crippen LogP contribution < -0.4 is 5.32 Å². The predicted octanol–water partition coefficient (Wildman–Crippen LogP) is 4.21. The number of benzene rings is 2. The molecule has 1 aromatic heterocycles. The molecule has 2 N–H and O–H groups in total. The Balaban J connectivity index is 1.67.